The molecule has 0 saturated carbocycles. The van der Waals surface area contributed by atoms with Crippen LogP contribution in [0.5, 0.6) is 0 Å². The number of hydrogen-bond donors (Lipinski definition) is 2. The Morgan fingerprint density at radius 2 is 2.00 bits per heavy atom. The number of thiocarbonyl (C=S) groups is 1. The first-order valence-electron chi connectivity index (χ1n) is 6.59. The van der Waals surface area contributed by atoms with Gasteiger partial charge in [-0.15, -0.1) is 0 Å². The second-order valence-electron chi connectivity index (χ2n) is 4.67. The van der Waals surface area contributed by atoms with Crippen LogP contribution < -0.4 is 11.1 Å². The van der Waals surface area contributed by atoms with Gasteiger partial charge in [0, 0.05) is 37.3 Å². The quantitative estimate of drug-likeness (QED) is 0.805. The van der Waals surface area contributed by atoms with Crippen molar-refractivity contribution in [1.29, 1.82) is 0 Å². The molecule has 1 aromatic carbocycles. The number of amides is 1. The topological polar surface area (TPSA) is 58.4 Å². The van der Waals surface area contributed by atoms with Gasteiger partial charge >= 0.3 is 0 Å². The molecule has 0 aromatic heterocycles. The SMILES string of the molecule is NC(=S)c1ccccc1NCCC(=O)N1CCCC1. The number of carbonyl (C=O) groups excluding carboxylic acids is 1. The Morgan fingerprint density at radius 3 is 2.68 bits per heavy atom. The minimum atomic E-state index is 0.220. The van der Waals surface area contributed by atoms with Crippen LogP contribution in [0.15, 0.2) is 24.3 Å². The molecular formula is C14H19N3OS. The molecule has 1 aliphatic heterocycles. The molecule has 1 heterocycles. The molecule has 0 aliphatic carbocycles. The van der Waals surface area contributed by atoms with Crippen molar-refractivity contribution in [1.82, 2.24) is 4.90 Å². The average molecular weight is 277 g/mol. The molecule has 0 spiro atoms. The number of nitrogens with one attached hydrogen (secondary N) is 1. The lowest BCUT2D eigenvalue weighted by Gasteiger charge is -2.16. The lowest BCUT2D eigenvalue weighted by Crippen LogP contribution is -2.29. The van der Waals surface area contributed by atoms with Crippen LogP contribution in [0, 0.1) is 0 Å². The van der Waals surface area contributed by atoms with E-state index in [9.17, 15) is 4.79 Å². The average Bonchev–Trinajstić information content (AvgIpc) is 2.93. The first-order valence-corrected chi connectivity index (χ1v) is 7.00. The standard InChI is InChI=1S/C14H19N3OS/c15-14(19)11-5-1-2-6-12(11)16-8-7-13(18)17-9-3-4-10-17/h1-2,5-6,16H,3-4,7-10H2,(H2,15,19). The van der Waals surface area contributed by atoms with Gasteiger partial charge in [0.1, 0.15) is 4.99 Å². The maximum atomic E-state index is 11.9. The van der Waals surface area contributed by atoms with Crippen molar-refractivity contribution < 1.29 is 4.79 Å². The highest BCUT2D eigenvalue weighted by Gasteiger charge is 2.17. The maximum absolute atomic E-state index is 11.9. The molecular weight excluding hydrogens is 258 g/mol. The van der Waals surface area contributed by atoms with Crippen molar-refractivity contribution in [2.24, 2.45) is 5.73 Å². The fourth-order valence-corrected chi connectivity index (χ4v) is 2.46. The number of nitrogens with two attached hydrogens (primary N) is 1. The van der Waals surface area contributed by atoms with Gasteiger partial charge in [0.25, 0.3) is 0 Å². The molecule has 0 bridgehead atoms. The Morgan fingerprint density at radius 1 is 1.32 bits per heavy atom. The van der Waals surface area contributed by atoms with Crippen molar-refractivity contribution >= 4 is 28.8 Å². The summed E-state index contributed by atoms with van der Waals surface area (Å²) in [4.78, 5) is 14.2. The van der Waals surface area contributed by atoms with Gasteiger partial charge < -0.3 is 16.0 Å². The summed E-state index contributed by atoms with van der Waals surface area (Å²) in [6.45, 7) is 2.42. The van der Waals surface area contributed by atoms with Gasteiger partial charge in [-0.1, -0.05) is 24.4 Å². The normalized spacial score (nSPS) is 14.4. The van der Waals surface area contributed by atoms with Crippen LogP contribution in [0.1, 0.15) is 24.8 Å². The number of rotatable bonds is 5. The summed E-state index contributed by atoms with van der Waals surface area (Å²) < 4.78 is 0. The number of benzene rings is 1. The van der Waals surface area contributed by atoms with E-state index < -0.39 is 0 Å². The molecule has 102 valence electrons. The van der Waals surface area contributed by atoms with E-state index in [-0.39, 0.29) is 5.91 Å². The second-order valence-corrected chi connectivity index (χ2v) is 5.11. The fourth-order valence-electron chi connectivity index (χ4n) is 2.28. The first kappa shape index (κ1) is 13.8. The van der Waals surface area contributed by atoms with Crippen LogP contribution in [0.2, 0.25) is 0 Å². The molecule has 19 heavy (non-hydrogen) atoms. The third-order valence-electron chi connectivity index (χ3n) is 3.31. The summed E-state index contributed by atoms with van der Waals surface area (Å²) in [7, 11) is 0. The smallest absolute Gasteiger partial charge is 0.224 e. The minimum absolute atomic E-state index is 0.220. The Labute approximate surface area is 119 Å². The van der Waals surface area contributed by atoms with Crippen LogP contribution in [0.4, 0.5) is 5.69 Å². The summed E-state index contributed by atoms with van der Waals surface area (Å²) in [6, 6.07) is 7.63. The molecule has 0 unspecified atom stereocenters. The van der Waals surface area contributed by atoms with Crippen molar-refractivity contribution in [2.45, 2.75) is 19.3 Å². The maximum Gasteiger partial charge on any atom is 0.224 e. The monoisotopic (exact) mass is 277 g/mol. The summed E-state index contributed by atoms with van der Waals surface area (Å²) >= 11 is 5.00. The Balaban J connectivity index is 1.85. The highest BCUT2D eigenvalue weighted by atomic mass is 32.1. The van der Waals surface area contributed by atoms with Crippen molar-refractivity contribution in [2.75, 3.05) is 25.0 Å². The Hall–Kier alpha value is -1.62. The molecule has 1 aliphatic rings. The third kappa shape index (κ3) is 3.67. The highest BCUT2D eigenvalue weighted by Crippen LogP contribution is 2.15. The van der Waals surface area contributed by atoms with Gasteiger partial charge in [-0.3, -0.25) is 4.79 Å². The molecule has 0 atom stereocenters. The van der Waals surface area contributed by atoms with E-state index in [1.807, 2.05) is 29.2 Å². The van der Waals surface area contributed by atoms with E-state index >= 15 is 0 Å². The molecule has 1 saturated heterocycles. The van der Waals surface area contributed by atoms with E-state index in [1.54, 1.807) is 0 Å². The zero-order valence-electron chi connectivity index (χ0n) is 10.9. The number of para-hydroxylation sites is 1. The van der Waals surface area contributed by atoms with Gasteiger partial charge in [-0.2, -0.15) is 0 Å². The largest absolute Gasteiger partial charge is 0.389 e. The van der Waals surface area contributed by atoms with E-state index in [0.29, 0.717) is 18.0 Å². The zero-order valence-corrected chi connectivity index (χ0v) is 11.7. The number of carbonyl (C=O) groups is 1. The first-order chi connectivity index (χ1) is 9.18. The zero-order chi connectivity index (χ0) is 13.7. The van der Waals surface area contributed by atoms with Crippen molar-refractivity contribution in [3.8, 4) is 0 Å². The van der Waals surface area contributed by atoms with Gasteiger partial charge in [-0.25, -0.2) is 0 Å². The van der Waals surface area contributed by atoms with Crippen LogP contribution in [-0.4, -0.2) is 35.4 Å². The van der Waals surface area contributed by atoms with Gasteiger partial charge in [-0.05, 0) is 25.0 Å². The molecule has 1 aromatic rings. The molecule has 0 radical (unpaired) electrons. The van der Waals surface area contributed by atoms with Gasteiger partial charge in [0.2, 0.25) is 5.91 Å². The molecule has 2 rings (SSSR count). The molecule has 1 amide bonds. The summed E-state index contributed by atoms with van der Waals surface area (Å²) in [6.07, 6.45) is 2.76. The number of nitrogens with zero attached hydrogens (tertiary/aromatic N) is 1. The van der Waals surface area contributed by atoms with Crippen LogP contribution >= 0.6 is 12.2 Å². The number of anilines is 1. The van der Waals surface area contributed by atoms with Gasteiger partial charge in [0.15, 0.2) is 0 Å². The minimum Gasteiger partial charge on any atom is -0.389 e. The summed E-state index contributed by atoms with van der Waals surface area (Å²) in [5.74, 6) is 0.220. The van der Waals surface area contributed by atoms with E-state index in [2.05, 4.69) is 5.32 Å². The lowest BCUT2D eigenvalue weighted by molar-refractivity contribution is -0.129. The number of hydrogen-bond acceptors (Lipinski definition) is 3. The van der Waals surface area contributed by atoms with Gasteiger partial charge in [0.05, 0.1) is 0 Å². The molecule has 1 fully saturated rings. The van der Waals surface area contributed by atoms with Crippen LogP contribution in [0.25, 0.3) is 0 Å². The van der Waals surface area contributed by atoms with E-state index in [1.165, 1.54) is 0 Å². The summed E-state index contributed by atoms with van der Waals surface area (Å²) in [5.41, 5.74) is 7.38. The molecule has 4 nitrogen and oxygen atoms in total. The fraction of sp³-hybridized carbons (Fsp3) is 0.429. The predicted octanol–water partition coefficient (Wildman–Crippen LogP) is 1.75. The van der Waals surface area contributed by atoms with Crippen LogP contribution in [-0.2, 0) is 4.79 Å². The Bertz CT molecular complexity index is 470. The molecule has 5 heteroatoms. The molecule has 3 N–H and O–H groups in total. The second kappa shape index (κ2) is 6.52. The van der Waals surface area contributed by atoms with E-state index in [4.69, 9.17) is 18.0 Å². The Kier molecular flexibility index (Phi) is 4.74. The van der Waals surface area contributed by atoms with Crippen molar-refractivity contribution in [3.63, 3.8) is 0 Å². The van der Waals surface area contributed by atoms with E-state index in [0.717, 1.165) is 37.2 Å². The number of likely N-dealkylation sites (tertiary alicyclic amines) is 1. The lowest BCUT2D eigenvalue weighted by atomic mass is 10.1. The summed E-state index contributed by atoms with van der Waals surface area (Å²) in [5, 5.41) is 3.23. The highest BCUT2D eigenvalue weighted by molar-refractivity contribution is 7.80. The predicted molar refractivity (Wildman–Crippen MR) is 81.3 cm³/mol. The third-order valence-corrected chi connectivity index (χ3v) is 3.53. The van der Waals surface area contributed by atoms with Crippen LogP contribution in [0.3, 0.4) is 0 Å². The van der Waals surface area contributed by atoms with Crippen molar-refractivity contribution in [3.05, 3.63) is 29.8 Å².